The van der Waals surface area contributed by atoms with E-state index in [1.165, 1.54) is 12.1 Å². The number of fused-ring (bicyclic) bond motifs is 1. The fourth-order valence-electron chi connectivity index (χ4n) is 3.75. The molecule has 0 atom stereocenters. The Labute approximate surface area is 177 Å². The summed E-state index contributed by atoms with van der Waals surface area (Å²) in [7, 11) is 0. The van der Waals surface area contributed by atoms with Gasteiger partial charge in [0.25, 0.3) is 11.5 Å². The van der Waals surface area contributed by atoms with Crippen LogP contribution in [0.25, 0.3) is 22.0 Å². The van der Waals surface area contributed by atoms with Crippen molar-refractivity contribution in [2.75, 3.05) is 0 Å². The molecule has 7 heteroatoms. The van der Waals surface area contributed by atoms with Crippen LogP contribution in [0.5, 0.6) is 0 Å². The number of nitrogens with zero attached hydrogens (tertiary/aromatic N) is 2. The molecule has 156 valence electrons. The Bertz CT molecular complexity index is 1380. The van der Waals surface area contributed by atoms with Gasteiger partial charge in [0.15, 0.2) is 0 Å². The summed E-state index contributed by atoms with van der Waals surface area (Å²) in [6.07, 6.45) is 0. The number of aromatic nitrogens is 2. The zero-order valence-corrected chi connectivity index (χ0v) is 17.0. The van der Waals surface area contributed by atoms with Gasteiger partial charge in [-0.1, -0.05) is 24.3 Å². The molecule has 6 nitrogen and oxygen atoms in total. The standard InChI is InChI=1S/C24H20FN3O3/c1-14-11-17(25)8-10-18(14)21-12-16(7-9-19(21)23(29)27-31)13-28-15(2)26-22-6-4-3-5-20(22)24(28)30/h3-12,31H,13H2,1-2H3,(H,27,29). The number of hydrogen-bond donors (Lipinski definition) is 2. The summed E-state index contributed by atoms with van der Waals surface area (Å²) in [6, 6.07) is 16.5. The van der Waals surface area contributed by atoms with Crippen molar-refractivity contribution in [3.8, 4) is 11.1 Å². The maximum absolute atomic E-state index is 13.6. The minimum Gasteiger partial charge on any atom is -0.292 e. The monoisotopic (exact) mass is 417 g/mol. The molecule has 4 aromatic rings. The summed E-state index contributed by atoms with van der Waals surface area (Å²) in [4.78, 5) is 29.7. The zero-order chi connectivity index (χ0) is 22.1. The highest BCUT2D eigenvalue weighted by Crippen LogP contribution is 2.29. The van der Waals surface area contributed by atoms with E-state index >= 15 is 0 Å². The fraction of sp³-hybridized carbons (Fsp3) is 0.125. The number of para-hydroxylation sites is 1. The minimum absolute atomic E-state index is 0.153. The largest absolute Gasteiger partial charge is 0.292 e. The SMILES string of the molecule is Cc1cc(F)ccc1-c1cc(Cn2c(C)nc3ccccc3c2=O)ccc1C(=O)NO. The van der Waals surface area contributed by atoms with Crippen LogP contribution >= 0.6 is 0 Å². The van der Waals surface area contributed by atoms with Crippen molar-refractivity contribution in [3.63, 3.8) is 0 Å². The molecule has 0 saturated heterocycles. The topological polar surface area (TPSA) is 84.2 Å². The number of carbonyl (C=O) groups excluding carboxylic acids is 1. The van der Waals surface area contributed by atoms with Gasteiger partial charge in [0, 0.05) is 5.56 Å². The Kier molecular flexibility index (Phi) is 5.35. The molecule has 0 unspecified atom stereocenters. The number of nitrogens with one attached hydrogen (secondary N) is 1. The van der Waals surface area contributed by atoms with Crippen molar-refractivity contribution in [1.82, 2.24) is 15.0 Å². The lowest BCUT2D eigenvalue weighted by Crippen LogP contribution is -2.24. The molecule has 1 amide bonds. The minimum atomic E-state index is -0.675. The molecule has 0 aliphatic carbocycles. The van der Waals surface area contributed by atoms with E-state index in [0.29, 0.717) is 33.4 Å². The number of halogens is 1. The molecular weight excluding hydrogens is 397 g/mol. The summed E-state index contributed by atoms with van der Waals surface area (Å²) in [5.41, 5.74) is 4.96. The summed E-state index contributed by atoms with van der Waals surface area (Å²) in [5.74, 6) is -0.485. The van der Waals surface area contributed by atoms with E-state index in [1.54, 1.807) is 66.4 Å². The van der Waals surface area contributed by atoms with Gasteiger partial charge in [-0.3, -0.25) is 19.4 Å². The second-order valence-electron chi connectivity index (χ2n) is 7.35. The van der Waals surface area contributed by atoms with Crippen LogP contribution in [0.4, 0.5) is 4.39 Å². The molecule has 0 bridgehead atoms. The molecule has 1 heterocycles. The van der Waals surface area contributed by atoms with E-state index in [0.717, 1.165) is 5.56 Å². The third kappa shape index (κ3) is 3.83. The van der Waals surface area contributed by atoms with Crippen LogP contribution in [-0.2, 0) is 6.54 Å². The average molecular weight is 417 g/mol. The number of benzene rings is 3. The molecule has 2 N–H and O–H groups in total. The average Bonchev–Trinajstić information content (AvgIpc) is 2.76. The fourth-order valence-corrected chi connectivity index (χ4v) is 3.75. The summed E-state index contributed by atoms with van der Waals surface area (Å²) in [6.45, 7) is 3.76. The molecule has 0 aliphatic rings. The van der Waals surface area contributed by atoms with Gasteiger partial charge < -0.3 is 0 Å². The molecule has 3 aromatic carbocycles. The van der Waals surface area contributed by atoms with Crippen LogP contribution in [0, 0.1) is 19.7 Å². The molecule has 0 radical (unpaired) electrons. The number of hydroxylamine groups is 1. The molecule has 1 aromatic heterocycles. The lowest BCUT2D eigenvalue weighted by atomic mass is 9.93. The van der Waals surface area contributed by atoms with Gasteiger partial charge in [-0.2, -0.15) is 0 Å². The molecule has 0 spiro atoms. The van der Waals surface area contributed by atoms with Crippen LogP contribution in [0.15, 0.2) is 65.5 Å². The van der Waals surface area contributed by atoms with Gasteiger partial charge in [0.05, 0.1) is 17.4 Å². The third-order valence-electron chi connectivity index (χ3n) is 5.30. The molecular formula is C24H20FN3O3. The summed E-state index contributed by atoms with van der Waals surface area (Å²) >= 11 is 0. The van der Waals surface area contributed by atoms with E-state index in [2.05, 4.69) is 4.98 Å². The highest BCUT2D eigenvalue weighted by molar-refractivity contribution is 6.00. The van der Waals surface area contributed by atoms with E-state index in [1.807, 2.05) is 6.07 Å². The Balaban J connectivity index is 1.85. The maximum atomic E-state index is 13.6. The van der Waals surface area contributed by atoms with Gasteiger partial charge >= 0.3 is 0 Å². The van der Waals surface area contributed by atoms with Crippen LogP contribution in [0.2, 0.25) is 0 Å². The number of carbonyl (C=O) groups is 1. The number of aryl methyl sites for hydroxylation is 2. The van der Waals surface area contributed by atoms with Gasteiger partial charge in [0.1, 0.15) is 11.6 Å². The first-order valence-corrected chi connectivity index (χ1v) is 9.69. The predicted molar refractivity (Wildman–Crippen MR) is 116 cm³/mol. The molecule has 0 saturated carbocycles. The van der Waals surface area contributed by atoms with Crippen LogP contribution in [-0.4, -0.2) is 20.7 Å². The highest BCUT2D eigenvalue weighted by atomic mass is 19.1. The van der Waals surface area contributed by atoms with Crippen molar-refractivity contribution in [1.29, 1.82) is 0 Å². The van der Waals surface area contributed by atoms with E-state index in [4.69, 9.17) is 5.21 Å². The first-order valence-electron chi connectivity index (χ1n) is 9.69. The van der Waals surface area contributed by atoms with Gasteiger partial charge in [-0.25, -0.2) is 14.9 Å². The first kappa shape index (κ1) is 20.4. The normalized spacial score (nSPS) is 11.0. The maximum Gasteiger partial charge on any atom is 0.275 e. The number of rotatable bonds is 4. The van der Waals surface area contributed by atoms with Gasteiger partial charge in [0.2, 0.25) is 0 Å². The lowest BCUT2D eigenvalue weighted by Gasteiger charge is -2.15. The summed E-state index contributed by atoms with van der Waals surface area (Å²) in [5, 5.41) is 9.66. The van der Waals surface area contributed by atoms with Crippen LogP contribution in [0.1, 0.15) is 27.3 Å². The first-order chi connectivity index (χ1) is 14.9. The van der Waals surface area contributed by atoms with Crippen LogP contribution < -0.4 is 11.0 Å². The third-order valence-corrected chi connectivity index (χ3v) is 5.30. The van der Waals surface area contributed by atoms with E-state index in [9.17, 15) is 14.0 Å². The van der Waals surface area contributed by atoms with E-state index in [-0.39, 0.29) is 23.5 Å². The molecule has 31 heavy (non-hydrogen) atoms. The molecule has 0 fully saturated rings. The second kappa shape index (κ2) is 8.12. The Morgan fingerprint density at radius 1 is 1.06 bits per heavy atom. The lowest BCUT2D eigenvalue weighted by molar-refractivity contribution is 0.0707. The van der Waals surface area contributed by atoms with E-state index < -0.39 is 5.91 Å². The highest BCUT2D eigenvalue weighted by Gasteiger charge is 2.16. The Morgan fingerprint density at radius 2 is 1.84 bits per heavy atom. The summed E-state index contributed by atoms with van der Waals surface area (Å²) < 4.78 is 15.2. The predicted octanol–water partition coefficient (Wildman–Crippen LogP) is 3.99. The smallest absolute Gasteiger partial charge is 0.275 e. The Morgan fingerprint density at radius 3 is 2.58 bits per heavy atom. The van der Waals surface area contributed by atoms with Crippen molar-refractivity contribution in [3.05, 3.63) is 99.3 Å². The number of amides is 1. The molecule has 0 aliphatic heterocycles. The molecule has 4 rings (SSSR count). The number of hydrogen-bond acceptors (Lipinski definition) is 4. The van der Waals surface area contributed by atoms with Crippen molar-refractivity contribution in [2.24, 2.45) is 0 Å². The van der Waals surface area contributed by atoms with Crippen molar-refractivity contribution >= 4 is 16.8 Å². The van der Waals surface area contributed by atoms with Crippen LogP contribution in [0.3, 0.4) is 0 Å². The zero-order valence-electron chi connectivity index (χ0n) is 17.0. The second-order valence-corrected chi connectivity index (χ2v) is 7.35. The quantitative estimate of drug-likeness (QED) is 0.389. The van der Waals surface area contributed by atoms with Gasteiger partial charge in [-0.05, 0) is 72.5 Å². The van der Waals surface area contributed by atoms with Gasteiger partial charge in [-0.15, -0.1) is 0 Å². The van der Waals surface area contributed by atoms with Crippen molar-refractivity contribution < 1.29 is 14.4 Å². The van der Waals surface area contributed by atoms with Crippen molar-refractivity contribution in [2.45, 2.75) is 20.4 Å². The Hall–Kier alpha value is -3.84.